The number of amides is 1. The molecule has 1 aromatic carbocycles. The van der Waals surface area contributed by atoms with Crippen LogP contribution in [0.4, 0.5) is 0 Å². The number of carbonyl (C=O) groups excluding carboxylic acids is 1. The Morgan fingerprint density at radius 3 is 3.05 bits per heavy atom. The van der Waals surface area contributed by atoms with Gasteiger partial charge in [-0.1, -0.05) is 23.4 Å². The van der Waals surface area contributed by atoms with Crippen LogP contribution in [0.3, 0.4) is 0 Å². The molecule has 0 saturated carbocycles. The lowest BCUT2D eigenvalue weighted by molar-refractivity contribution is -0.128. The van der Waals surface area contributed by atoms with Crippen LogP contribution in [0.25, 0.3) is 10.9 Å². The van der Waals surface area contributed by atoms with Crippen LogP contribution in [0, 0.1) is 0 Å². The molecule has 1 fully saturated rings. The standard InChI is InChI=1S/C14H13N3O2/c18-12-6-5-11-14(16-19)13-9(7-17(11)12)8-3-1-2-4-10(8)15-13/h1-4,11,15,19H,5-7H2/b16-14-. The van der Waals surface area contributed by atoms with Crippen molar-refractivity contribution in [3.63, 3.8) is 0 Å². The summed E-state index contributed by atoms with van der Waals surface area (Å²) in [6.45, 7) is 0.599. The summed E-state index contributed by atoms with van der Waals surface area (Å²) >= 11 is 0. The predicted molar refractivity (Wildman–Crippen MR) is 70.2 cm³/mol. The summed E-state index contributed by atoms with van der Waals surface area (Å²) in [6, 6.07) is 7.88. The molecule has 4 rings (SSSR count). The number of nitrogens with zero attached hydrogens (tertiary/aromatic N) is 2. The maximum atomic E-state index is 11.9. The Kier molecular flexibility index (Phi) is 2.01. The molecule has 2 N–H and O–H groups in total. The molecular weight excluding hydrogens is 242 g/mol. The average molecular weight is 255 g/mol. The van der Waals surface area contributed by atoms with Gasteiger partial charge in [0.15, 0.2) is 0 Å². The van der Waals surface area contributed by atoms with Gasteiger partial charge in [-0.05, 0) is 12.5 Å². The summed E-state index contributed by atoms with van der Waals surface area (Å²) in [5, 5.41) is 13.9. The van der Waals surface area contributed by atoms with Gasteiger partial charge in [-0.3, -0.25) is 4.79 Å². The van der Waals surface area contributed by atoms with Gasteiger partial charge in [-0.15, -0.1) is 0 Å². The third-order valence-electron chi connectivity index (χ3n) is 4.15. The number of oxime groups is 1. The normalized spacial score (nSPS) is 24.0. The Morgan fingerprint density at radius 2 is 2.21 bits per heavy atom. The molecule has 0 aliphatic carbocycles. The summed E-state index contributed by atoms with van der Waals surface area (Å²) in [4.78, 5) is 17.0. The Bertz CT molecular complexity index is 717. The third kappa shape index (κ3) is 1.30. The van der Waals surface area contributed by atoms with Crippen molar-refractivity contribution >= 4 is 22.5 Å². The fraction of sp³-hybridized carbons (Fsp3) is 0.286. The van der Waals surface area contributed by atoms with E-state index in [-0.39, 0.29) is 11.9 Å². The van der Waals surface area contributed by atoms with Crippen molar-refractivity contribution in [2.45, 2.75) is 25.4 Å². The lowest BCUT2D eigenvalue weighted by atomic mass is 9.97. The second kappa shape index (κ2) is 3.60. The van der Waals surface area contributed by atoms with Crippen molar-refractivity contribution in [3.8, 4) is 0 Å². The Morgan fingerprint density at radius 1 is 1.37 bits per heavy atom. The number of benzene rings is 1. The van der Waals surface area contributed by atoms with E-state index in [2.05, 4.69) is 10.1 Å². The van der Waals surface area contributed by atoms with Gasteiger partial charge in [0, 0.05) is 29.4 Å². The zero-order valence-corrected chi connectivity index (χ0v) is 10.3. The summed E-state index contributed by atoms with van der Waals surface area (Å²) in [5.41, 5.74) is 3.53. The molecular formula is C14H13N3O2. The zero-order valence-electron chi connectivity index (χ0n) is 10.3. The molecule has 1 saturated heterocycles. The molecule has 1 aromatic heterocycles. The van der Waals surface area contributed by atoms with E-state index in [4.69, 9.17) is 0 Å². The van der Waals surface area contributed by atoms with Gasteiger partial charge in [-0.2, -0.15) is 0 Å². The second-order valence-electron chi connectivity index (χ2n) is 5.09. The fourth-order valence-electron chi connectivity index (χ4n) is 3.25. The highest BCUT2D eigenvalue weighted by Gasteiger charge is 2.41. The van der Waals surface area contributed by atoms with Gasteiger partial charge in [0.1, 0.15) is 5.71 Å². The van der Waals surface area contributed by atoms with E-state index in [1.807, 2.05) is 29.2 Å². The molecule has 19 heavy (non-hydrogen) atoms. The monoisotopic (exact) mass is 255 g/mol. The quantitative estimate of drug-likeness (QED) is 0.557. The number of H-pyrrole nitrogens is 1. The van der Waals surface area contributed by atoms with Crippen molar-refractivity contribution < 1.29 is 10.0 Å². The summed E-state index contributed by atoms with van der Waals surface area (Å²) in [7, 11) is 0. The molecule has 5 nitrogen and oxygen atoms in total. The van der Waals surface area contributed by atoms with Gasteiger partial charge >= 0.3 is 0 Å². The van der Waals surface area contributed by atoms with E-state index in [0.717, 1.165) is 28.6 Å². The number of carbonyl (C=O) groups is 1. The van der Waals surface area contributed by atoms with Crippen LogP contribution in [0.5, 0.6) is 0 Å². The molecule has 0 bridgehead atoms. The highest BCUT2D eigenvalue weighted by Crippen LogP contribution is 2.35. The maximum absolute atomic E-state index is 11.9. The molecule has 96 valence electrons. The van der Waals surface area contributed by atoms with Crippen LogP contribution < -0.4 is 0 Å². The first-order valence-electron chi connectivity index (χ1n) is 6.41. The van der Waals surface area contributed by atoms with Crippen LogP contribution in [0.2, 0.25) is 0 Å². The first kappa shape index (κ1) is 10.6. The maximum Gasteiger partial charge on any atom is 0.223 e. The number of aromatic nitrogens is 1. The van der Waals surface area contributed by atoms with Gasteiger partial charge in [-0.25, -0.2) is 0 Å². The first-order chi connectivity index (χ1) is 9.29. The number of hydrogen-bond donors (Lipinski definition) is 2. The minimum Gasteiger partial charge on any atom is -0.411 e. The predicted octanol–water partition coefficient (Wildman–Crippen LogP) is 1.85. The van der Waals surface area contributed by atoms with Crippen LogP contribution in [-0.4, -0.2) is 32.8 Å². The van der Waals surface area contributed by atoms with E-state index in [1.54, 1.807) is 0 Å². The zero-order chi connectivity index (χ0) is 13.0. The van der Waals surface area contributed by atoms with Gasteiger partial charge in [0.25, 0.3) is 0 Å². The van der Waals surface area contributed by atoms with E-state index in [0.29, 0.717) is 18.7 Å². The van der Waals surface area contributed by atoms with Crippen molar-refractivity contribution in [3.05, 3.63) is 35.5 Å². The minimum atomic E-state index is -0.0851. The lowest BCUT2D eigenvalue weighted by Gasteiger charge is -2.30. The number of hydrogen-bond acceptors (Lipinski definition) is 3. The topological polar surface area (TPSA) is 68.7 Å². The molecule has 1 amide bonds. The summed E-state index contributed by atoms with van der Waals surface area (Å²) in [5.74, 6) is 0.141. The summed E-state index contributed by atoms with van der Waals surface area (Å²) in [6.07, 6.45) is 1.26. The van der Waals surface area contributed by atoms with Crippen molar-refractivity contribution in [1.82, 2.24) is 9.88 Å². The Balaban J connectivity index is 1.98. The van der Waals surface area contributed by atoms with E-state index in [9.17, 15) is 10.0 Å². The molecule has 1 unspecified atom stereocenters. The molecule has 3 heterocycles. The highest BCUT2D eigenvalue weighted by molar-refractivity contribution is 6.11. The van der Waals surface area contributed by atoms with E-state index < -0.39 is 0 Å². The molecule has 0 spiro atoms. The van der Waals surface area contributed by atoms with E-state index >= 15 is 0 Å². The van der Waals surface area contributed by atoms with Gasteiger partial charge in [0.2, 0.25) is 5.91 Å². The number of nitrogens with one attached hydrogen (secondary N) is 1. The van der Waals surface area contributed by atoms with Crippen molar-refractivity contribution in [2.75, 3.05) is 0 Å². The Labute approximate surface area is 109 Å². The Hall–Kier alpha value is -2.30. The van der Waals surface area contributed by atoms with Gasteiger partial charge in [0.05, 0.1) is 11.7 Å². The minimum absolute atomic E-state index is 0.0851. The SMILES string of the molecule is O=C1CCC2/C(=N/O)c3[nH]c4ccccc4c3CN12. The lowest BCUT2D eigenvalue weighted by Crippen LogP contribution is -2.42. The van der Waals surface area contributed by atoms with Crippen LogP contribution in [0.15, 0.2) is 29.4 Å². The molecule has 2 aromatic rings. The molecule has 0 radical (unpaired) electrons. The molecule has 2 aliphatic rings. The number of rotatable bonds is 0. The molecule has 5 heteroatoms. The van der Waals surface area contributed by atoms with Crippen LogP contribution in [0.1, 0.15) is 24.1 Å². The van der Waals surface area contributed by atoms with Crippen molar-refractivity contribution in [1.29, 1.82) is 0 Å². The smallest absolute Gasteiger partial charge is 0.223 e. The third-order valence-corrected chi connectivity index (χ3v) is 4.15. The molecule has 2 aliphatic heterocycles. The van der Waals surface area contributed by atoms with Crippen molar-refractivity contribution in [2.24, 2.45) is 5.16 Å². The van der Waals surface area contributed by atoms with Crippen LogP contribution >= 0.6 is 0 Å². The largest absolute Gasteiger partial charge is 0.411 e. The number of aromatic amines is 1. The molecule has 1 atom stereocenters. The van der Waals surface area contributed by atoms with E-state index in [1.165, 1.54) is 0 Å². The number of fused-ring (bicyclic) bond motifs is 4. The summed E-state index contributed by atoms with van der Waals surface area (Å²) < 4.78 is 0. The first-order valence-corrected chi connectivity index (χ1v) is 6.41. The fourth-order valence-corrected chi connectivity index (χ4v) is 3.25. The number of para-hydroxylation sites is 1. The average Bonchev–Trinajstić information content (AvgIpc) is 2.98. The second-order valence-corrected chi connectivity index (χ2v) is 5.09. The van der Waals surface area contributed by atoms with Gasteiger partial charge < -0.3 is 15.1 Å². The highest BCUT2D eigenvalue weighted by atomic mass is 16.4. The van der Waals surface area contributed by atoms with Crippen LogP contribution in [-0.2, 0) is 11.3 Å².